The number of aliphatic hydroxyl groups is 1. The second-order valence-electron chi connectivity index (χ2n) is 12.1. The molecule has 3 fully saturated rings. The van der Waals surface area contributed by atoms with Crippen LogP contribution in [0.15, 0.2) is 36.5 Å². The maximum Gasteiger partial charge on any atom is 0.320 e. The fourth-order valence-corrected chi connectivity index (χ4v) is 7.43. The number of hydrogen-bond acceptors (Lipinski definition) is 8. The van der Waals surface area contributed by atoms with E-state index < -0.39 is 6.10 Å². The molecule has 222 valence electrons. The molecule has 0 atom stereocenters. The van der Waals surface area contributed by atoms with Crippen molar-refractivity contribution in [3.63, 3.8) is 0 Å². The highest BCUT2D eigenvalue weighted by Crippen LogP contribution is 2.44. The molecule has 7 rings (SSSR count). The normalized spacial score (nSPS) is 17.8. The van der Waals surface area contributed by atoms with Crippen molar-refractivity contribution in [2.45, 2.75) is 32.8 Å². The number of aryl methyl sites for hydroxylation is 2. The number of fused-ring (bicyclic) bond motifs is 1. The van der Waals surface area contributed by atoms with E-state index in [-0.39, 0.29) is 17.3 Å². The molecule has 1 N–H and O–H groups in total. The second kappa shape index (κ2) is 10.2. The van der Waals surface area contributed by atoms with Gasteiger partial charge in [-0.15, -0.1) is 0 Å². The molecule has 0 bridgehead atoms. The molecule has 3 saturated heterocycles. The third-order valence-electron chi connectivity index (χ3n) is 8.98. The number of aromatic nitrogens is 3. The van der Waals surface area contributed by atoms with Crippen molar-refractivity contribution in [2.24, 2.45) is 5.41 Å². The minimum Gasteiger partial charge on any atom is -0.389 e. The van der Waals surface area contributed by atoms with Gasteiger partial charge in [-0.05, 0) is 25.8 Å². The van der Waals surface area contributed by atoms with E-state index in [2.05, 4.69) is 11.0 Å². The largest absolute Gasteiger partial charge is 0.389 e. The summed E-state index contributed by atoms with van der Waals surface area (Å²) < 4.78 is 17.2. The lowest BCUT2D eigenvalue weighted by molar-refractivity contribution is -0.0161. The molecular weight excluding hydrogens is 567 g/mol. The van der Waals surface area contributed by atoms with Gasteiger partial charge in [0.25, 0.3) is 0 Å². The summed E-state index contributed by atoms with van der Waals surface area (Å²) in [6, 6.07) is 12.1. The number of pyridine rings is 1. The summed E-state index contributed by atoms with van der Waals surface area (Å²) in [5.74, 6) is -0.339. The van der Waals surface area contributed by atoms with E-state index in [1.165, 1.54) is 17.5 Å². The Kier molecular flexibility index (Phi) is 6.55. The zero-order valence-corrected chi connectivity index (χ0v) is 25.2. The van der Waals surface area contributed by atoms with E-state index in [9.17, 15) is 15.2 Å². The van der Waals surface area contributed by atoms with Crippen molar-refractivity contribution in [3.8, 4) is 17.3 Å². The number of thiazole rings is 1. The van der Waals surface area contributed by atoms with Gasteiger partial charge >= 0.3 is 6.03 Å². The van der Waals surface area contributed by atoms with Crippen molar-refractivity contribution in [2.75, 3.05) is 56.1 Å². The SMILES string of the molecule is CCc1nn2cc(F)c(N3CCC4(CN(C(=O)N5CC(O)C5)C4)C3)cc2c1N(C)c1nc(-c2ccc(C)cc2)c(C#N)s1. The van der Waals surface area contributed by atoms with Gasteiger partial charge in [0, 0.05) is 44.2 Å². The van der Waals surface area contributed by atoms with Gasteiger partial charge in [0.05, 0.1) is 48.0 Å². The molecular formula is C31H33FN8O2S. The summed E-state index contributed by atoms with van der Waals surface area (Å²) in [6.07, 6.45) is 2.55. The smallest absolute Gasteiger partial charge is 0.320 e. The fourth-order valence-electron chi connectivity index (χ4n) is 6.58. The van der Waals surface area contributed by atoms with Crippen LogP contribution >= 0.6 is 11.3 Å². The molecule has 4 aromatic rings. The average Bonchev–Trinajstić information content (AvgIpc) is 3.69. The standard InChI is InChI=1S/C31H33FN8O2S/c1-4-23-28(36(3)29-34-27(26(12-33)43-29)20-7-5-19(2)6-8-20)25-11-24(22(32)15-40(25)35-23)37-10-9-31(16-37)17-39(18-31)30(42)38-13-21(41)14-38/h5-8,11,15,21,41H,4,9-10,13-14,16-18H2,1-3H3. The molecule has 10 nitrogen and oxygen atoms in total. The number of carbonyl (C=O) groups is 1. The van der Waals surface area contributed by atoms with E-state index in [4.69, 9.17) is 10.1 Å². The summed E-state index contributed by atoms with van der Waals surface area (Å²) in [4.78, 5) is 25.6. The molecule has 1 aromatic carbocycles. The van der Waals surface area contributed by atoms with Crippen LogP contribution in [-0.4, -0.2) is 88.0 Å². The monoisotopic (exact) mass is 600 g/mol. The number of nitriles is 1. The molecule has 0 aliphatic carbocycles. The molecule has 0 radical (unpaired) electrons. The molecule has 3 aromatic heterocycles. The predicted molar refractivity (Wildman–Crippen MR) is 163 cm³/mol. The maximum absolute atomic E-state index is 15.6. The molecule has 3 aliphatic heterocycles. The van der Waals surface area contributed by atoms with Crippen LogP contribution in [0.3, 0.4) is 0 Å². The highest BCUT2D eigenvalue weighted by Gasteiger charge is 2.51. The Morgan fingerprint density at radius 3 is 2.65 bits per heavy atom. The van der Waals surface area contributed by atoms with Crippen molar-refractivity contribution >= 4 is 39.4 Å². The third-order valence-corrected chi connectivity index (χ3v) is 10.0. The van der Waals surface area contributed by atoms with Crippen LogP contribution in [0.4, 0.5) is 25.7 Å². The predicted octanol–water partition coefficient (Wildman–Crippen LogP) is 4.42. The number of aliphatic hydroxyl groups excluding tert-OH is 1. The van der Waals surface area contributed by atoms with E-state index >= 15 is 4.39 Å². The Morgan fingerprint density at radius 2 is 1.98 bits per heavy atom. The van der Waals surface area contributed by atoms with E-state index in [1.807, 2.05) is 61.0 Å². The molecule has 43 heavy (non-hydrogen) atoms. The lowest BCUT2D eigenvalue weighted by Gasteiger charge is -2.51. The second-order valence-corrected chi connectivity index (χ2v) is 13.0. The zero-order chi connectivity index (χ0) is 30.0. The molecule has 6 heterocycles. The first-order chi connectivity index (χ1) is 20.7. The quantitative estimate of drug-likeness (QED) is 0.362. The molecule has 12 heteroatoms. The molecule has 3 aliphatic rings. The number of amides is 2. The van der Waals surface area contributed by atoms with Gasteiger partial charge in [0.1, 0.15) is 16.6 Å². The first-order valence-electron chi connectivity index (χ1n) is 14.6. The lowest BCUT2D eigenvalue weighted by atomic mass is 9.79. The Hall–Kier alpha value is -4.21. The molecule has 2 amide bonds. The van der Waals surface area contributed by atoms with Gasteiger partial charge in [-0.2, -0.15) is 10.4 Å². The van der Waals surface area contributed by atoms with Gasteiger partial charge in [0.15, 0.2) is 10.9 Å². The number of β-amino-alcohol motifs (C(OH)–C–C–N with tert-alkyl or cyclic N) is 1. The van der Waals surface area contributed by atoms with Gasteiger partial charge in [-0.3, -0.25) is 0 Å². The van der Waals surface area contributed by atoms with Crippen LogP contribution in [0.2, 0.25) is 0 Å². The van der Waals surface area contributed by atoms with E-state index in [0.29, 0.717) is 67.1 Å². The minimum absolute atomic E-state index is 0.0201. The van der Waals surface area contributed by atoms with Crippen LogP contribution in [0.5, 0.6) is 0 Å². The number of nitrogens with zero attached hydrogens (tertiary/aromatic N) is 8. The average molecular weight is 601 g/mol. The van der Waals surface area contributed by atoms with Crippen molar-refractivity contribution in [3.05, 3.63) is 58.5 Å². The number of rotatable bonds is 5. The zero-order valence-electron chi connectivity index (χ0n) is 24.4. The highest BCUT2D eigenvalue weighted by atomic mass is 32.1. The van der Waals surface area contributed by atoms with Crippen LogP contribution in [0, 0.1) is 29.5 Å². The van der Waals surface area contributed by atoms with E-state index in [1.54, 1.807) is 9.42 Å². The van der Waals surface area contributed by atoms with Gasteiger partial charge in [0.2, 0.25) is 0 Å². The summed E-state index contributed by atoms with van der Waals surface area (Å²) in [5, 5.41) is 24.8. The Bertz CT molecular complexity index is 1760. The molecule has 0 unspecified atom stereocenters. The fraction of sp³-hybridized carbons (Fsp3) is 0.419. The van der Waals surface area contributed by atoms with Crippen LogP contribution in [-0.2, 0) is 6.42 Å². The summed E-state index contributed by atoms with van der Waals surface area (Å²) in [7, 11) is 1.92. The van der Waals surface area contributed by atoms with E-state index in [0.717, 1.165) is 34.4 Å². The van der Waals surface area contributed by atoms with Crippen LogP contribution in [0.25, 0.3) is 16.8 Å². The maximum atomic E-state index is 15.6. The van der Waals surface area contributed by atoms with Gasteiger partial charge in [-0.25, -0.2) is 18.7 Å². The lowest BCUT2D eigenvalue weighted by Crippen LogP contribution is -2.66. The number of benzene rings is 1. The minimum atomic E-state index is -0.418. The third kappa shape index (κ3) is 4.58. The Labute approximate surface area is 253 Å². The van der Waals surface area contributed by atoms with Crippen molar-refractivity contribution in [1.82, 2.24) is 24.4 Å². The number of anilines is 3. The van der Waals surface area contributed by atoms with Gasteiger partial charge in [-0.1, -0.05) is 48.1 Å². The molecule has 0 saturated carbocycles. The summed E-state index contributed by atoms with van der Waals surface area (Å²) >= 11 is 1.33. The first kappa shape index (κ1) is 27.6. The molecule has 1 spiro atoms. The van der Waals surface area contributed by atoms with Crippen molar-refractivity contribution in [1.29, 1.82) is 5.26 Å². The Morgan fingerprint density at radius 1 is 1.23 bits per heavy atom. The number of hydrogen-bond donors (Lipinski definition) is 1. The van der Waals surface area contributed by atoms with Crippen LogP contribution in [0.1, 0.15) is 29.5 Å². The number of likely N-dealkylation sites (tertiary alicyclic amines) is 2. The van der Waals surface area contributed by atoms with Gasteiger partial charge < -0.3 is 24.7 Å². The van der Waals surface area contributed by atoms with Crippen molar-refractivity contribution < 1.29 is 14.3 Å². The number of urea groups is 1. The van der Waals surface area contributed by atoms with Crippen LogP contribution < -0.4 is 9.80 Å². The summed E-state index contributed by atoms with van der Waals surface area (Å²) in [5.41, 5.74) is 5.56. The summed E-state index contributed by atoms with van der Waals surface area (Å²) in [6.45, 7) is 7.50. The number of halogens is 1. The Balaban J connectivity index is 1.17. The highest BCUT2D eigenvalue weighted by molar-refractivity contribution is 7.16. The number of carbonyl (C=O) groups excluding carboxylic acids is 1. The first-order valence-corrected chi connectivity index (χ1v) is 15.4. The topological polar surface area (TPSA) is 104 Å².